The fraction of sp³-hybridized carbons (Fsp3) is 0.500. The van der Waals surface area contributed by atoms with Gasteiger partial charge in [-0.25, -0.2) is 0 Å². The van der Waals surface area contributed by atoms with E-state index < -0.39 is 0 Å². The first kappa shape index (κ1) is 13.2. The Kier molecular flexibility index (Phi) is 4.03. The van der Waals surface area contributed by atoms with Crippen LogP contribution < -0.4 is 20.1 Å². The fourth-order valence-electron chi connectivity index (χ4n) is 2.31. The van der Waals surface area contributed by atoms with E-state index in [-0.39, 0.29) is 11.9 Å². The first-order chi connectivity index (χ1) is 9.84. The van der Waals surface area contributed by atoms with E-state index in [4.69, 9.17) is 14.2 Å². The van der Waals surface area contributed by atoms with Crippen LogP contribution in [0.15, 0.2) is 18.2 Å². The van der Waals surface area contributed by atoms with E-state index in [2.05, 4.69) is 10.6 Å². The van der Waals surface area contributed by atoms with E-state index in [1.54, 1.807) is 12.1 Å². The van der Waals surface area contributed by atoms with Crippen molar-refractivity contribution in [1.82, 2.24) is 10.6 Å². The zero-order chi connectivity index (χ0) is 13.8. The monoisotopic (exact) mass is 278 g/mol. The Morgan fingerprint density at radius 1 is 1.30 bits per heavy atom. The summed E-state index contributed by atoms with van der Waals surface area (Å²) in [6, 6.07) is 5.50. The molecule has 1 saturated heterocycles. The first-order valence-corrected chi connectivity index (χ1v) is 6.82. The number of fused-ring (bicyclic) bond motifs is 1. The summed E-state index contributed by atoms with van der Waals surface area (Å²) in [5, 5.41) is 6.19. The minimum atomic E-state index is -0.153. The zero-order valence-corrected chi connectivity index (χ0v) is 11.2. The largest absolute Gasteiger partial charge is 0.486 e. The van der Waals surface area contributed by atoms with Crippen LogP contribution in [0.5, 0.6) is 11.5 Å². The molecule has 2 aliphatic heterocycles. The third kappa shape index (κ3) is 2.86. The van der Waals surface area contributed by atoms with Crippen LogP contribution in [-0.2, 0) is 4.74 Å². The number of hydrogen-bond donors (Lipinski definition) is 2. The van der Waals surface area contributed by atoms with Crippen LogP contribution in [0.25, 0.3) is 0 Å². The second-order valence-corrected chi connectivity index (χ2v) is 4.77. The normalized spacial score (nSPS) is 21.3. The van der Waals surface area contributed by atoms with Gasteiger partial charge in [0.1, 0.15) is 13.2 Å². The van der Waals surface area contributed by atoms with E-state index in [9.17, 15) is 4.79 Å². The van der Waals surface area contributed by atoms with Gasteiger partial charge in [0.25, 0.3) is 5.91 Å². The molecule has 0 aromatic heterocycles. The molecular weight excluding hydrogens is 260 g/mol. The Morgan fingerprint density at radius 2 is 2.20 bits per heavy atom. The highest BCUT2D eigenvalue weighted by Crippen LogP contribution is 2.33. The van der Waals surface area contributed by atoms with Gasteiger partial charge in [-0.1, -0.05) is 6.07 Å². The Balaban J connectivity index is 1.64. The number of nitrogens with one attached hydrogen (secondary N) is 2. The average molecular weight is 278 g/mol. The van der Waals surface area contributed by atoms with Crippen molar-refractivity contribution in [2.24, 2.45) is 0 Å². The molecule has 108 valence electrons. The van der Waals surface area contributed by atoms with Gasteiger partial charge in [0.05, 0.1) is 18.8 Å². The van der Waals surface area contributed by atoms with Crippen molar-refractivity contribution in [2.75, 3.05) is 39.5 Å². The number of benzene rings is 1. The molecule has 0 radical (unpaired) electrons. The molecule has 2 aliphatic rings. The number of para-hydroxylation sites is 1. The number of ether oxygens (including phenoxy) is 3. The van der Waals surface area contributed by atoms with Crippen LogP contribution in [-0.4, -0.2) is 51.5 Å². The number of amides is 1. The predicted octanol–water partition coefficient (Wildman–Crippen LogP) is 0.176. The van der Waals surface area contributed by atoms with Crippen LogP contribution in [0.4, 0.5) is 0 Å². The molecule has 1 amide bonds. The van der Waals surface area contributed by atoms with Crippen LogP contribution >= 0.6 is 0 Å². The highest BCUT2D eigenvalue weighted by atomic mass is 16.6. The molecule has 1 atom stereocenters. The number of rotatable bonds is 3. The molecule has 1 unspecified atom stereocenters. The molecule has 1 fully saturated rings. The summed E-state index contributed by atoms with van der Waals surface area (Å²) < 4.78 is 16.4. The van der Waals surface area contributed by atoms with Gasteiger partial charge < -0.3 is 24.8 Å². The molecule has 2 N–H and O–H groups in total. The smallest absolute Gasteiger partial charge is 0.255 e. The molecular formula is C14H18N2O4. The summed E-state index contributed by atoms with van der Waals surface area (Å²) in [6.45, 7) is 3.67. The maximum absolute atomic E-state index is 12.2. The number of hydrogen-bond acceptors (Lipinski definition) is 5. The van der Waals surface area contributed by atoms with Gasteiger partial charge in [-0.15, -0.1) is 0 Å². The number of morpholine rings is 1. The van der Waals surface area contributed by atoms with E-state index in [0.29, 0.717) is 43.4 Å². The lowest BCUT2D eigenvalue weighted by Gasteiger charge is -2.24. The summed E-state index contributed by atoms with van der Waals surface area (Å²) >= 11 is 0. The average Bonchev–Trinajstić information content (AvgIpc) is 2.53. The van der Waals surface area contributed by atoms with Gasteiger partial charge >= 0.3 is 0 Å². The van der Waals surface area contributed by atoms with Gasteiger partial charge in [0.15, 0.2) is 11.5 Å². The van der Waals surface area contributed by atoms with Gasteiger partial charge in [-0.3, -0.25) is 4.79 Å². The van der Waals surface area contributed by atoms with Gasteiger partial charge in [0, 0.05) is 19.1 Å². The van der Waals surface area contributed by atoms with E-state index in [1.807, 2.05) is 6.07 Å². The third-order valence-electron chi connectivity index (χ3n) is 3.32. The van der Waals surface area contributed by atoms with Gasteiger partial charge in [-0.05, 0) is 12.1 Å². The maximum atomic E-state index is 12.2. The molecule has 2 heterocycles. The molecule has 3 rings (SSSR count). The quantitative estimate of drug-likeness (QED) is 0.825. The second-order valence-electron chi connectivity index (χ2n) is 4.77. The lowest BCUT2D eigenvalue weighted by molar-refractivity contribution is 0.0732. The Hall–Kier alpha value is -1.79. The lowest BCUT2D eigenvalue weighted by atomic mass is 10.1. The Morgan fingerprint density at radius 3 is 3.05 bits per heavy atom. The van der Waals surface area contributed by atoms with Crippen LogP contribution in [0, 0.1) is 0 Å². The van der Waals surface area contributed by atoms with Gasteiger partial charge in [0.2, 0.25) is 0 Å². The summed E-state index contributed by atoms with van der Waals surface area (Å²) in [5.41, 5.74) is 0.513. The molecule has 0 bridgehead atoms. The molecule has 6 heteroatoms. The summed E-state index contributed by atoms with van der Waals surface area (Å²) in [6.07, 6.45) is 0. The van der Waals surface area contributed by atoms with Crippen molar-refractivity contribution in [3.8, 4) is 11.5 Å². The summed E-state index contributed by atoms with van der Waals surface area (Å²) in [5.74, 6) is 1.01. The lowest BCUT2D eigenvalue weighted by Crippen LogP contribution is -2.48. The maximum Gasteiger partial charge on any atom is 0.255 e. The Labute approximate surface area is 117 Å². The SMILES string of the molecule is O=C(NCC1COCCN1)c1cccc2c1OCCO2. The molecule has 0 saturated carbocycles. The van der Waals surface area contributed by atoms with Crippen LogP contribution in [0.3, 0.4) is 0 Å². The van der Waals surface area contributed by atoms with E-state index in [0.717, 1.165) is 13.2 Å². The predicted molar refractivity (Wildman–Crippen MR) is 72.4 cm³/mol. The fourth-order valence-corrected chi connectivity index (χ4v) is 2.31. The number of carbonyl (C=O) groups is 1. The summed E-state index contributed by atoms with van der Waals surface area (Å²) in [4.78, 5) is 12.2. The van der Waals surface area contributed by atoms with Crippen molar-refractivity contribution < 1.29 is 19.0 Å². The van der Waals surface area contributed by atoms with Crippen LogP contribution in [0.2, 0.25) is 0 Å². The van der Waals surface area contributed by atoms with Crippen molar-refractivity contribution in [3.05, 3.63) is 23.8 Å². The van der Waals surface area contributed by atoms with E-state index in [1.165, 1.54) is 0 Å². The third-order valence-corrected chi connectivity index (χ3v) is 3.32. The van der Waals surface area contributed by atoms with Crippen molar-refractivity contribution in [2.45, 2.75) is 6.04 Å². The highest BCUT2D eigenvalue weighted by molar-refractivity contribution is 5.97. The van der Waals surface area contributed by atoms with Crippen LogP contribution in [0.1, 0.15) is 10.4 Å². The Bertz CT molecular complexity index is 486. The molecule has 1 aromatic carbocycles. The molecule has 0 aliphatic carbocycles. The van der Waals surface area contributed by atoms with Crippen molar-refractivity contribution in [1.29, 1.82) is 0 Å². The minimum Gasteiger partial charge on any atom is -0.486 e. The molecule has 6 nitrogen and oxygen atoms in total. The van der Waals surface area contributed by atoms with Crippen molar-refractivity contribution in [3.63, 3.8) is 0 Å². The number of carbonyl (C=O) groups excluding carboxylic acids is 1. The topological polar surface area (TPSA) is 68.8 Å². The minimum absolute atomic E-state index is 0.153. The van der Waals surface area contributed by atoms with Crippen molar-refractivity contribution >= 4 is 5.91 Å². The molecule has 1 aromatic rings. The molecule has 20 heavy (non-hydrogen) atoms. The van der Waals surface area contributed by atoms with E-state index >= 15 is 0 Å². The first-order valence-electron chi connectivity index (χ1n) is 6.82. The van der Waals surface area contributed by atoms with Gasteiger partial charge in [-0.2, -0.15) is 0 Å². The molecule has 0 spiro atoms. The standard InChI is InChI=1S/C14H18N2O4/c17-14(16-8-10-9-18-5-4-15-10)11-2-1-3-12-13(11)20-7-6-19-12/h1-3,10,15H,4-9H2,(H,16,17). The summed E-state index contributed by atoms with van der Waals surface area (Å²) in [7, 11) is 0. The zero-order valence-electron chi connectivity index (χ0n) is 11.2. The second kappa shape index (κ2) is 6.11. The highest BCUT2D eigenvalue weighted by Gasteiger charge is 2.21.